The molecule has 0 N–H and O–H groups in total. The van der Waals surface area contributed by atoms with E-state index in [2.05, 4.69) is 15.9 Å². The van der Waals surface area contributed by atoms with Crippen molar-refractivity contribution in [3.63, 3.8) is 0 Å². The number of rotatable bonds is 2. The number of carbonyl (C=O) groups excluding carboxylic acids is 2. The topological polar surface area (TPSA) is 40.6 Å². The van der Waals surface area contributed by atoms with Crippen LogP contribution in [0, 0.1) is 5.41 Å². The Labute approximate surface area is 243 Å². The molecule has 4 aromatic rings. The number of benzene rings is 4. The normalized spacial score (nSPS) is 27.6. The number of fused-ring (bicyclic) bond motifs is 2. The largest absolute Gasteiger partial charge is 0.301 e. The minimum Gasteiger partial charge on any atom is -0.301 e. The molecule has 6 heteroatoms. The number of piperidine rings is 1. The average molecular weight is 568 g/mol. The standard InChI is InChI=1S/C34H28Cl2N2O2/c1-37-18-24(17-21-9-13-25(35)14-10-21)31(39)33(20-37)29(22-11-15-26(36)16-12-22)19-38(2)34(33)28-8-4-6-23-5-3-7-27(30(23)28)32(34)40/h3-17,29H,18-20H2,1-2H3/b24-17+/t29-,33+,34+/m1/s1. The highest BCUT2D eigenvalue weighted by Crippen LogP contribution is 2.65. The van der Waals surface area contributed by atoms with Gasteiger partial charge in [0.05, 0.1) is 5.41 Å². The molecular weight excluding hydrogens is 539 g/mol. The maximum atomic E-state index is 15.2. The summed E-state index contributed by atoms with van der Waals surface area (Å²) in [5, 5.41) is 3.27. The van der Waals surface area contributed by atoms with Crippen molar-refractivity contribution in [3.8, 4) is 0 Å². The lowest BCUT2D eigenvalue weighted by Gasteiger charge is -2.51. The van der Waals surface area contributed by atoms with Crippen molar-refractivity contribution in [2.75, 3.05) is 33.7 Å². The molecule has 200 valence electrons. The number of likely N-dealkylation sites (tertiary alicyclic amines) is 2. The molecule has 4 aromatic carbocycles. The maximum absolute atomic E-state index is 15.2. The fraction of sp³-hybridized carbons (Fsp3) is 0.235. The zero-order valence-corrected chi connectivity index (χ0v) is 23.8. The van der Waals surface area contributed by atoms with Gasteiger partial charge in [-0.05, 0) is 71.9 Å². The van der Waals surface area contributed by atoms with Gasteiger partial charge in [-0.25, -0.2) is 0 Å². The SMILES string of the molecule is CN1C/C(=C\c2ccc(Cl)cc2)C(=O)[C@]2(C1)[C@@H](c1ccc(Cl)cc1)CN(C)[C@@]21C(=O)c2cccc3cccc1c23. The van der Waals surface area contributed by atoms with Gasteiger partial charge in [-0.2, -0.15) is 0 Å². The van der Waals surface area contributed by atoms with Crippen molar-refractivity contribution in [2.45, 2.75) is 11.5 Å². The molecular formula is C34H28Cl2N2O2. The summed E-state index contributed by atoms with van der Waals surface area (Å²) in [6.07, 6.45) is 1.97. The van der Waals surface area contributed by atoms with Gasteiger partial charge in [0.25, 0.3) is 0 Å². The van der Waals surface area contributed by atoms with E-state index in [1.807, 2.05) is 99.0 Å². The first kappa shape index (κ1) is 25.7. The third kappa shape index (κ3) is 3.34. The number of nitrogens with zero attached hydrogens (tertiary/aromatic N) is 2. The summed E-state index contributed by atoms with van der Waals surface area (Å²) in [5.74, 6) is -0.192. The zero-order valence-electron chi connectivity index (χ0n) is 22.3. The quantitative estimate of drug-likeness (QED) is 0.249. The van der Waals surface area contributed by atoms with Crippen LogP contribution < -0.4 is 0 Å². The third-order valence-corrected chi connectivity index (χ3v) is 9.78. The second-order valence-electron chi connectivity index (χ2n) is 11.4. The van der Waals surface area contributed by atoms with E-state index in [0.717, 1.165) is 27.5 Å². The van der Waals surface area contributed by atoms with Gasteiger partial charge in [0.1, 0.15) is 5.54 Å². The van der Waals surface area contributed by atoms with Crippen molar-refractivity contribution in [1.82, 2.24) is 9.80 Å². The molecule has 2 aliphatic heterocycles. The van der Waals surface area contributed by atoms with Gasteiger partial charge in [0, 0.05) is 46.7 Å². The average Bonchev–Trinajstić information content (AvgIpc) is 3.36. The molecule has 0 unspecified atom stereocenters. The molecule has 0 amide bonds. The van der Waals surface area contributed by atoms with Crippen LogP contribution in [0.25, 0.3) is 16.8 Å². The maximum Gasteiger partial charge on any atom is 0.189 e. The molecule has 0 bridgehead atoms. The van der Waals surface area contributed by atoms with E-state index in [1.54, 1.807) is 0 Å². The van der Waals surface area contributed by atoms with Gasteiger partial charge >= 0.3 is 0 Å². The summed E-state index contributed by atoms with van der Waals surface area (Å²) < 4.78 is 0. The molecule has 2 fully saturated rings. The Kier molecular flexibility index (Phi) is 5.85. The molecule has 2 spiro atoms. The van der Waals surface area contributed by atoms with E-state index in [1.165, 1.54) is 0 Å². The van der Waals surface area contributed by atoms with Crippen molar-refractivity contribution >= 4 is 51.6 Å². The molecule has 0 saturated carbocycles. The summed E-state index contributed by atoms with van der Waals surface area (Å²) >= 11 is 12.5. The van der Waals surface area contributed by atoms with E-state index in [9.17, 15) is 4.79 Å². The summed E-state index contributed by atoms with van der Waals surface area (Å²) in [4.78, 5) is 34.5. The van der Waals surface area contributed by atoms with Crippen LogP contribution in [0.1, 0.15) is 33.0 Å². The summed E-state index contributed by atoms with van der Waals surface area (Å²) in [6.45, 7) is 1.52. The van der Waals surface area contributed by atoms with Crippen LogP contribution in [-0.4, -0.2) is 55.1 Å². The van der Waals surface area contributed by atoms with Crippen LogP contribution in [-0.2, 0) is 10.3 Å². The molecule has 2 heterocycles. The molecule has 4 nitrogen and oxygen atoms in total. The third-order valence-electron chi connectivity index (χ3n) is 9.28. The summed E-state index contributed by atoms with van der Waals surface area (Å²) in [5.41, 5.74) is 2.03. The lowest BCUT2D eigenvalue weighted by molar-refractivity contribution is -0.134. The predicted molar refractivity (Wildman–Crippen MR) is 161 cm³/mol. The van der Waals surface area contributed by atoms with Crippen LogP contribution in [0.15, 0.2) is 90.5 Å². The highest BCUT2D eigenvalue weighted by Gasteiger charge is 2.74. The molecule has 0 aromatic heterocycles. The molecule has 0 radical (unpaired) electrons. The number of likely N-dealkylation sites (N-methyl/N-ethyl adjacent to an activating group) is 2. The Hall–Kier alpha value is -3.28. The molecule has 40 heavy (non-hydrogen) atoms. The predicted octanol–water partition coefficient (Wildman–Crippen LogP) is 6.85. The second kappa shape index (κ2) is 9.12. The van der Waals surface area contributed by atoms with E-state index in [0.29, 0.717) is 40.8 Å². The first-order valence-electron chi connectivity index (χ1n) is 13.5. The minimum atomic E-state index is -1.15. The Morgan fingerprint density at radius 2 is 1.48 bits per heavy atom. The van der Waals surface area contributed by atoms with Crippen LogP contribution in [0.4, 0.5) is 0 Å². The van der Waals surface area contributed by atoms with Crippen LogP contribution in [0.5, 0.6) is 0 Å². The summed E-state index contributed by atoms with van der Waals surface area (Å²) in [7, 11) is 4.05. The number of carbonyl (C=O) groups is 2. The number of halogens is 2. The Bertz CT molecular complexity index is 1720. The monoisotopic (exact) mass is 566 g/mol. The molecule has 7 rings (SSSR count). The zero-order chi connectivity index (χ0) is 27.8. The van der Waals surface area contributed by atoms with Crippen molar-refractivity contribution in [3.05, 3.63) is 123 Å². The molecule has 1 aliphatic carbocycles. The van der Waals surface area contributed by atoms with Crippen LogP contribution >= 0.6 is 23.2 Å². The number of Topliss-reactive ketones (excluding diaryl/α,β-unsaturated/α-hetero) is 2. The van der Waals surface area contributed by atoms with Crippen LogP contribution in [0.3, 0.4) is 0 Å². The number of hydrogen-bond donors (Lipinski definition) is 0. The fourth-order valence-corrected chi connectivity index (χ4v) is 8.09. The Morgan fingerprint density at radius 1 is 0.825 bits per heavy atom. The van der Waals surface area contributed by atoms with Gasteiger partial charge in [0.2, 0.25) is 0 Å². The van der Waals surface area contributed by atoms with Gasteiger partial charge in [-0.3, -0.25) is 14.5 Å². The smallest absolute Gasteiger partial charge is 0.189 e. The van der Waals surface area contributed by atoms with E-state index >= 15 is 4.79 Å². The van der Waals surface area contributed by atoms with Crippen molar-refractivity contribution in [1.29, 1.82) is 0 Å². The van der Waals surface area contributed by atoms with E-state index in [-0.39, 0.29) is 17.5 Å². The van der Waals surface area contributed by atoms with Crippen molar-refractivity contribution in [2.24, 2.45) is 5.41 Å². The first-order valence-corrected chi connectivity index (χ1v) is 14.3. The lowest BCUT2D eigenvalue weighted by Crippen LogP contribution is -2.64. The summed E-state index contributed by atoms with van der Waals surface area (Å²) in [6, 6.07) is 27.3. The van der Waals surface area contributed by atoms with Gasteiger partial charge in [-0.1, -0.05) is 83.9 Å². The van der Waals surface area contributed by atoms with Crippen LogP contribution in [0.2, 0.25) is 10.0 Å². The minimum absolute atomic E-state index is 0.00718. The van der Waals surface area contributed by atoms with Gasteiger partial charge < -0.3 is 4.90 Å². The fourth-order valence-electron chi connectivity index (χ4n) is 7.84. The number of ketones is 2. The number of hydrogen-bond acceptors (Lipinski definition) is 4. The van der Waals surface area contributed by atoms with Gasteiger partial charge in [-0.15, -0.1) is 0 Å². The Balaban J connectivity index is 1.53. The Morgan fingerprint density at radius 3 is 2.17 bits per heavy atom. The first-order chi connectivity index (χ1) is 19.3. The van der Waals surface area contributed by atoms with E-state index in [4.69, 9.17) is 23.2 Å². The molecule has 3 aliphatic rings. The highest BCUT2D eigenvalue weighted by molar-refractivity contribution is 6.31. The lowest BCUT2D eigenvalue weighted by atomic mass is 9.55. The highest BCUT2D eigenvalue weighted by atomic mass is 35.5. The molecule has 3 atom stereocenters. The molecule has 2 saturated heterocycles. The second-order valence-corrected chi connectivity index (χ2v) is 12.3. The van der Waals surface area contributed by atoms with E-state index < -0.39 is 11.0 Å². The van der Waals surface area contributed by atoms with Crippen molar-refractivity contribution < 1.29 is 9.59 Å². The van der Waals surface area contributed by atoms with Gasteiger partial charge in [0.15, 0.2) is 11.6 Å².